The maximum atomic E-state index is 5.35. The van der Waals surface area contributed by atoms with Crippen molar-refractivity contribution in [1.82, 2.24) is 10.2 Å². The van der Waals surface area contributed by atoms with Gasteiger partial charge >= 0.3 is 0 Å². The monoisotopic (exact) mass is 267 g/mol. The van der Waals surface area contributed by atoms with Gasteiger partial charge in [-0.15, -0.1) is 0 Å². The zero-order valence-electron chi connectivity index (χ0n) is 12.6. The van der Waals surface area contributed by atoms with Crippen LogP contribution < -0.4 is 5.32 Å². The van der Waals surface area contributed by atoms with Gasteiger partial charge in [-0.1, -0.05) is 6.42 Å². The van der Waals surface area contributed by atoms with E-state index < -0.39 is 0 Å². The summed E-state index contributed by atoms with van der Waals surface area (Å²) >= 11 is 0. The first-order chi connectivity index (χ1) is 9.29. The summed E-state index contributed by atoms with van der Waals surface area (Å²) in [6, 6.07) is 0. The Morgan fingerprint density at radius 1 is 1.32 bits per heavy atom. The third-order valence-corrected chi connectivity index (χ3v) is 4.57. The highest BCUT2D eigenvalue weighted by atomic mass is 16.5. The topological polar surface area (TPSA) is 36.9 Å². The summed E-state index contributed by atoms with van der Waals surface area (Å²) in [5.41, 5.74) is 0.645. The SMILES string of the molecule is CCOCCCCNC(=NC)N1CCC2(CCC2)C1. The zero-order chi connectivity index (χ0) is 13.6. The van der Waals surface area contributed by atoms with E-state index in [1.54, 1.807) is 0 Å². The van der Waals surface area contributed by atoms with Gasteiger partial charge in [0.05, 0.1) is 0 Å². The molecule has 1 saturated carbocycles. The molecule has 0 unspecified atom stereocenters. The summed E-state index contributed by atoms with van der Waals surface area (Å²) in [7, 11) is 1.90. The maximum Gasteiger partial charge on any atom is 0.193 e. The molecule has 0 aromatic heterocycles. The van der Waals surface area contributed by atoms with Gasteiger partial charge in [0.25, 0.3) is 0 Å². The van der Waals surface area contributed by atoms with E-state index in [1.807, 2.05) is 14.0 Å². The Bertz CT molecular complexity index is 300. The molecule has 1 aliphatic carbocycles. The molecular weight excluding hydrogens is 238 g/mol. The van der Waals surface area contributed by atoms with Crippen molar-refractivity contribution < 1.29 is 4.74 Å². The largest absolute Gasteiger partial charge is 0.382 e. The summed E-state index contributed by atoms with van der Waals surface area (Å²) in [4.78, 5) is 6.87. The van der Waals surface area contributed by atoms with Gasteiger partial charge in [0.2, 0.25) is 0 Å². The Hall–Kier alpha value is -0.770. The van der Waals surface area contributed by atoms with E-state index in [4.69, 9.17) is 4.74 Å². The number of hydrogen-bond acceptors (Lipinski definition) is 2. The van der Waals surface area contributed by atoms with Gasteiger partial charge < -0.3 is 15.0 Å². The first-order valence-electron chi connectivity index (χ1n) is 7.83. The second kappa shape index (κ2) is 7.13. The molecule has 0 atom stereocenters. The fraction of sp³-hybridized carbons (Fsp3) is 0.933. The average Bonchev–Trinajstić information content (AvgIpc) is 2.83. The van der Waals surface area contributed by atoms with Crippen molar-refractivity contribution in [2.75, 3.05) is 39.9 Å². The lowest BCUT2D eigenvalue weighted by Gasteiger charge is -2.38. The standard InChI is InChI=1S/C15H29N3O/c1-3-19-12-5-4-10-17-14(16-2)18-11-9-15(13-18)7-6-8-15/h3-13H2,1-2H3,(H,16,17). The van der Waals surface area contributed by atoms with Crippen molar-refractivity contribution in [3.63, 3.8) is 0 Å². The second-order valence-electron chi connectivity index (χ2n) is 5.90. The van der Waals surface area contributed by atoms with Crippen molar-refractivity contribution in [3.8, 4) is 0 Å². The number of rotatable bonds is 6. The Morgan fingerprint density at radius 2 is 2.16 bits per heavy atom. The molecule has 1 saturated heterocycles. The first-order valence-corrected chi connectivity index (χ1v) is 7.83. The Balaban J connectivity index is 1.64. The molecule has 1 spiro atoms. The summed E-state index contributed by atoms with van der Waals surface area (Å²) in [5.74, 6) is 1.10. The van der Waals surface area contributed by atoms with Crippen LogP contribution in [-0.2, 0) is 4.74 Å². The number of hydrogen-bond donors (Lipinski definition) is 1. The third kappa shape index (κ3) is 3.85. The smallest absolute Gasteiger partial charge is 0.193 e. The predicted molar refractivity (Wildman–Crippen MR) is 79.6 cm³/mol. The van der Waals surface area contributed by atoms with Crippen LogP contribution in [0.2, 0.25) is 0 Å². The number of ether oxygens (including phenoxy) is 1. The van der Waals surface area contributed by atoms with Crippen LogP contribution in [-0.4, -0.2) is 50.8 Å². The second-order valence-corrected chi connectivity index (χ2v) is 5.90. The molecule has 2 rings (SSSR count). The van der Waals surface area contributed by atoms with Crippen molar-refractivity contribution in [1.29, 1.82) is 0 Å². The quantitative estimate of drug-likeness (QED) is 0.455. The lowest BCUT2D eigenvalue weighted by atomic mass is 9.68. The molecule has 4 nitrogen and oxygen atoms in total. The number of nitrogens with zero attached hydrogens (tertiary/aromatic N) is 2. The minimum atomic E-state index is 0.645. The third-order valence-electron chi connectivity index (χ3n) is 4.57. The summed E-state index contributed by atoms with van der Waals surface area (Å²) in [6.07, 6.45) is 7.92. The Morgan fingerprint density at radius 3 is 2.74 bits per heavy atom. The molecule has 19 heavy (non-hydrogen) atoms. The van der Waals surface area contributed by atoms with E-state index in [1.165, 1.54) is 38.8 Å². The van der Waals surface area contributed by atoms with Crippen LogP contribution in [0.25, 0.3) is 0 Å². The van der Waals surface area contributed by atoms with Gasteiger partial charge in [-0.05, 0) is 44.4 Å². The van der Waals surface area contributed by atoms with E-state index in [0.717, 1.165) is 38.6 Å². The molecule has 1 heterocycles. The number of aliphatic imine (C=N–C) groups is 1. The van der Waals surface area contributed by atoms with E-state index >= 15 is 0 Å². The van der Waals surface area contributed by atoms with Crippen LogP contribution in [0, 0.1) is 5.41 Å². The van der Waals surface area contributed by atoms with Gasteiger partial charge in [0.15, 0.2) is 5.96 Å². The van der Waals surface area contributed by atoms with Gasteiger partial charge in [0.1, 0.15) is 0 Å². The Kier molecular flexibility index (Phi) is 5.49. The number of unbranched alkanes of at least 4 members (excludes halogenated alkanes) is 1. The first kappa shape index (κ1) is 14.6. The lowest BCUT2D eigenvalue weighted by molar-refractivity contribution is 0.143. The molecular formula is C15H29N3O. The summed E-state index contributed by atoms with van der Waals surface area (Å²) in [6.45, 7) is 7.14. The van der Waals surface area contributed by atoms with Crippen LogP contribution in [0.5, 0.6) is 0 Å². The minimum Gasteiger partial charge on any atom is -0.382 e. The fourth-order valence-electron chi connectivity index (χ4n) is 3.21. The summed E-state index contributed by atoms with van der Waals surface area (Å²) in [5, 5.41) is 3.49. The van der Waals surface area contributed by atoms with Crippen LogP contribution in [0.4, 0.5) is 0 Å². The number of nitrogens with one attached hydrogen (secondary N) is 1. The molecule has 0 radical (unpaired) electrons. The fourth-order valence-corrected chi connectivity index (χ4v) is 3.21. The van der Waals surface area contributed by atoms with E-state index in [9.17, 15) is 0 Å². The van der Waals surface area contributed by atoms with Gasteiger partial charge in [-0.2, -0.15) is 0 Å². The highest BCUT2D eigenvalue weighted by Crippen LogP contribution is 2.47. The number of likely N-dealkylation sites (tertiary alicyclic amines) is 1. The van der Waals surface area contributed by atoms with Crippen LogP contribution in [0.15, 0.2) is 4.99 Å². The van der Waals surface area contributed by atoms with Gasteiger partial charge in [-0.3, -0.25) is 4.99 Å². The normalized spacial score (nSPS) is 21.8. The molecule has 0 amide bonds. The van der Waals surface area contributed by atoms with Crippen LogP contribution in [0.3, 0.4) is 0 Å². The van der Waals surface area contributed by atoms with Crippen molar-refractivity contribution in [3.05, 3.63) is 0 Å². The molecule has 2 fully saturated rings. The predicted octanol–water partition coefficient (Wildman–Crippen LogP) is 2.25. The van der Waals surface area contributed by atoms with Crippen molar-refractivity contribution in [2.24, 2.45) is 10.4 Å². The Labute approximate surface area is 117 Å². The molecule has 110 valence electrons. The van der Waals surface area contributed by atoms with Crippen molar-refractivity contribution >= 4 is 5.96 Å². The average molecular weight is 267 g/mol. The van der Waals surface area contributed by atoms with Crippen LogP contribution >= 0.6 is 0 Å². The van der Waals surface area contributed by atoms with Gasteiger partial charge in [0, 0.05) is 39.9 Å². The number of guanidine groups is 1. The molecule has 1 N–H and O–H groups in total. The van der Waals surface area contributed by atoms with E-state index in [-0.39, 0.29) is 0 Å². The van der Waals surface area contributed by atoms with Crippen LogP contribution in [0.1, 0.15) is 45.4 Å². The minimum absolute atomic E-state index is 0.645. The molecule has 2 aliphatic rings. The molecule has 0 aromatic carbocycles. The van der Waals surface area contributed by atoms with E-state index in [0.29, 0.717) is 5.41 Å². The molecule has 0 bridgehead atoms. The van der Waals surface area contributed by atoms with E-state index in [2.05, 4.69) is 15.2 Å². The zero-order valence-corrected chi connectivity index (χ0v) is 12.6. The highest BCUT2D eigenvalue weighted by molar-refractivity contribution is 5.80. The molecule has 0 aromatic rings. The maximum absolute atomic E-state index is 5.35. The molecule has 4 heteroatoms. The van der Waals surface area contributed by atoms with Crippen molar-refractivity contribution in [2.45, 2.75) is 45.4 Å². The molecule has 1 aliphatic heterocycles. The highest BCUT2D eigenvalue weighted by Gasteiger charge is 2.43. The lowest BCUT2D eigenvalue weighted by Crippen LogP contribution is -2.42. The van der Waals surface area contributed by atoms with Gasteiger partial charge in [-0.25, -0.2) is 0 Å². The summed E-state index contributed by atoms with van der Waals surface area (Å²) < 4.78 is 5.35.